The number of unbranched alkanes of at least 4 members (excludes halogenated alkanes) is 1. The standard InChI is InChI=1S/C10H13ClFNO3S/c11-9-7-8(3-4-10(9)12)17(15,16)13-5-1-2-6-14/h3-4,7,13-14H,1-2,5-6H2. The van der Waals surface area contributed by atoms with Crippen LogP contribution in [0.4, 0.5) is 4.39 Å². The van der Waals surface area contributed by atoms with Crippen molar-refractivity contribution in [3.63, 3.8) is 0 Å². The number of aliphatic hydroxyl groups excluding tert-OH is 1. The van der Waals surface area contributed by atoms with E-state index in [1.165, 1.54) is 0 Å². The SMILES string of the molecule is O=S(=O)(NCCCCO)c1ccc(F)c(Cl)c1. The molecule has 0 spiro atoms. The third-order valence-corrected chi connectivity index (χ3v) is 3.83. The summed E-state index contributed by atoms with van der Waals surface area (Å²) in [6.45, 7) is 0.238. The first kappa shape index (κ1) is 14.4. The van der Waals surface area contributed by atoms with Crippen molar-refractivity contribution in [1.82, 2.24) is 4.72 Å². The molecule has 0 unspecified atom stereocenters. The van der Waals surface area contributed by atoms with Gasteiger partial charge in [-0.15, -0.1) is 0 Å². The predicted molar refractivity (Wildman–Crippen MR) is 62.9 cm³/mol. The lowest BCUT2D eigenvalue weighted by Gasteiger charge is -2.06. The molecule has 1 aromatic carbocycles. The Morgan fingerprint density at radius 1 is 1.35 bits per heavy atom. The summed E-state index contributed by atoms with van der Waals surface area (Å²) in [7, 11) is -3.66. The van der Waals surface area contributed by atoms with E-state index in [1.54, 1.807) is 0 Å². The second kappa shape index (κ2) is 6.30. The summed E-state index contributed by atoms with van der Waals surface area (Å²) in [5.74, 6) is -0.661. The molecule has 0 aliphatic carbocycles. The van der Waals surface area contributed by atoms with Gasteiger partial charge in [-0.05, 0) is 31.0 Å². The fraction of sp³-hybridized carbons (Fsp3) is 0.400. The fourth-order valence-electron chi connectivity index (χ4n) is 1.17. The molecule has 0 atom stereocenters. The Labute approximate surface area is 104 Å². The van der Waals surface area contributed by atoms with Crippen LogP contribution in [0, 0.1) is 5.82 Å². The highest BCUT2D eigenvalue weighted by Gasteiger charge is 2.14. The van der Waals surface area contributed by atoms with Crippen LogP contribution in [0.1, 0.15) is 12.8 Å². The number of halogens is 2. The molecule has 0 heterocycles. The molecule has 4 nitrogen and oxygen atoms in total. The van der Waals surface area contributed by atoms with E-state index in [9.17, 15) is 12.8 Å². The predicted octanol–water partition coefficient (Wildman–Crippen LogP) is 1.53. The van der Waals surface area contributed by atoms with Gasteiger partial charge in [0, 0.05) is 13.2 Å². The minimum atomic E-state index is -3.66. The Kier molecular flexibility index (Phi) is 5.32. The topological polar surface area (TPSA) is 66.4 Å². The molecule has 1 aromatic rings. The first-order valence-electron chi connectivity index (χ1n) is 5.03. The Hall–Kier alpha value is -0.690. The third-order valence-electron chi connectivity index (χ3n) is 2.08. The first-order valence-corrected chi connectivity index (χ1v) is 6.89. The number of nitrogens with one attached hydrogen (secondary N) is 1. The van der Waals surface area contributed by atoms with Crippen molar-refractivity contribution in [3.8, 4) is 0 Å². The Bertz CT molecular complexity index is 478. The highest BCUT2D eigenvalue weighted by atomic mass is 35.5. The summed E-state index contributed by atoms with van der Waals surface area (Å²) in [6, 6.07) is 3.21. The normalized spacial score (nSPS) is 11.7. The van der Waals surface area contributed by atoms with Crippen molar-refractivity contribution in [2.75, 3.05) is 13.2 Å². The summed E-state index contributed by atoms with van der Waals surface area (Å²) in [5, 5.41) is 8.31. The van der Waals surface area contributed by atoms with Crippen LogP contribution in [0.5, 0.6) is 0 Å². The van der Waals surface area contributed by atoms with Gasteiger partial charge in [-0.25, -0.2) is 17.5 Å². The highest BCUT2D eigenvalue weighted by Crippen LogP contribution is 2.19. The molecule has 0 bridgehead atoms. The molecule has 0 aromatic heterocycles. The molecular weight excluding hydrogens is 269 g/mol. The summed E-state index contributed by atoms with van der Waals surface area (Å²) < 4.78 is 38.6. The van der Waals surface area contributed by atoms with Gasteiger partial charge < -0.3 is 5.11 Å². The van der Waals surface area contributed by atoms with Gasteiger partial charge >= 0.3 is 0 Å². The fourth-order valence-corrected chi connectivity index (χ4v) is 2.52. The maximum Gasteiger partial charge on any atom is 0.240 e. The average Bonchev–Trinajstić information content (AvgIpc) is 2.28. The quantitative estimate of drug-likeness (QED) is 0.777. The van der Waals surface area contributed by atoms with Crippen LogP contribution < -0.4 is 4.72 Å². The summed E-state index contributed by atoms with van der Waals surface area (Å²) in [5.41, 5.74) is 0. The van der Waals surface area contributed by atoms with Crippen molar-refractivity contribution in [1.29, 1.82) is 0 Å². The van der Waals surface area contributed by atoms with E-state index in [-0.39, 0.29) is 23.1 Å². The molecule has 0 radical (unpaired) electrons. The van der Waals surface area contributed by atoms with Gasteiger partial charge in [-0.2, -0.15) is 0 Å². The number of benzene rings is 1. The van der Waals surface area contributed by atoms with Gasteiger partial charge in [0.1, 0.15) is 5.82 Å². The smallest absolute Gasteiger partial charge is 0.240 e. The van der Waals surface area contributed by atoms with Crippen LogP contribution in [-0.2, 0) is 10.0 Å². The van der Waals surface area contributed by atoms with Crippen molar-refractivity contribution in [2.45, 2.75) is 17.7 Å². The molecule has 0 aliphatic heterocycles. The molecule has 7 heteroatoms. The van der Waals surface area contributed by atoms with E-state index in [0.29, 0.717) is 12.8 Å². The third kappa shape index (κ3) is 4.23. The first-order chi connectivity index (χ1) is 7.97. The lowest BCUT2D eigenvalue weighted by atomic mass is 10.3. The lowest BCUT2D eigenvalue weighted by molar-refractivity contribution is 0.285. The van der Waals surface area contributed by atoms with Crippen LogP contribution in [0.2, 0.25) is 5.02 Å². The van der Waals surface area contributed by atoms with E-state index in [1.807, 2.05) is 0 Å². The maximum absolute atomic E-state index is 12.9. The largest absolute Gasteiger partial charge is 0.396 e. The van der Waals surface area contributed by atoms with Crippen molar-refractivity contribution in [2.24, 2.45) is 0 Å². The van der Waals surface area contributed by atoms with Gasteiger partial charge in [-0.3, -0.25) is 0 Å². The number of aliphatic hydroxyl groups is 1. The zero-order valence-electron chi connectivity index (χ0n) is 8.99. The minimum Gasteiger partial charge on any atom is -0.396 e. The van der Waals surface area contributed by atoms with Gasteiger partial charge in [-0.1, -0.05) is 11.6 Å². The molecule has 1 rings (SSSR count). The molecular formula is C10H13ClFNO3S. The number of hydrogen-bond acceptors (Lipinski definition) is 3. The molecule has 17 heavy (non-hydrogen) atoms. The van der Waals surface area contributed by atoms with E-state index < -0.39 is 15.8 Å². The summed E-state index contributed by atoms with van der Waals surface area (Å²) >= 11 is 5.50. The Balaban J connectivity index is 2.72. The van der Waals surface area contributed by atoms with Gasteiger partial charge in [0.25, 0.3) is 0 Å². The Morgan fingerprint density at radius 3 is 2.65 bits per heavy atom. The van der Waals surface area contributed by atoms with Gasteiger partial charge in [0.05, 0.1) is 9.92 Å². The summed E-state index contributed by atoms with van der Waals surface area (Å²) in [4.78, 5) is -0.0760. The maximum atomic E-state index is 12.9. The zero-order valence-corrected chi connectivity index (χ0v) is 10.6. The van der Waals surface area contributed by atoms with Crippen LogP contribution in [-0.4, -0.2) is 26.7 Å². The van der Waals surface area contributed by atoms with Gasteiger partial charge in [0.2, 0.25) is 10.0 Å². The second-order valence-electron chi connectivity index (χ2n) is 3.40. The van der Waals surface area contributed by atoms with Crippen molar-refractivity contribution >= 4 is 21.6 Å². The van der Waals surface area contributed by atoms with E-state index in [2.05, 4.69) is 4.72 Å². The monoisotopic (exact) mass is 281 g/mol. The molecule has 0 aliphatic rings. The van der Waals surface area contributed by atoms with Crippen molar-refractivity contribution in [3.05, 3.63) is 29.0 Å². The molecule has 0 saturated heterocycles. The van der Waals surface area contributed by atoms with E-state index >= 15 is 0 Å². The molecule has 0 saturated carbocycles. The number of sulfonamides is 1. The molecule has 96 valence electrons. The lowest BCUT2D eigenvalue weighted by Crippen LogP contribution is -2.25. The van der Waals surface area contributed by atoms with Crippen LogP contribution in [0.3, 0.4) is 0 Å². The van der Waals surface area contributed by atoms with Crippen LogP contribution in [0.25, 0.3) is 0 Å². The van der Waals surface area contributed by atoms with Crippen LogP contribution >= 0.6 is 11.6 Å². The summed E-state index contributed by atoms with van der Waals surface area (Å²) in [6.07, 6.45) is 1.05. The highest BCUT2D eigenvalue weighted by molar-refractivity contribution is 7.89. The molecule has 2 N–H and O–H groups in total. The van der Waals surface area contributed by atoms with E-state index in [4.69, 9.17) is 16.7 Å². The second-order valence-corrected chi connectivity index (χ2v) is 5.58. The molecule has 0 fully saturated rings. The minimum absolute atomic E-state index is 0.0180. The Morgan fingerprint density at radius 2 is 2.06 bits per heavy atom. The van der Waals surface area contributed by atoms with Crippen molar-refractivity contribution < 1.29 is 17.9 Å². The zero-order chi connectivity index (χ0) is 12.9. The average molecular weight is 282 g/mol. The molecule has 0 amide bonds. The van der Waals surface area contributed by atoms with Gasteiger partial charge in [0.15, 0.2) is 0 Å². The number of hydrogen-bond donors (Lipinski definition) is 2. The van der Waals surface area contributed by atoms with E-state index in [0.717, 1.165) is 18.2 Å². The number of rotatable bonds is 6. The van der Waals surface area contributed by atoms with Crippen LogP contribution in [0.15, 0.2) is 23.1 Å².